The topological polar surface area (TPSA) is 108 Å². The fourth-order valence-corrected chi connectivity index (χ4v) is 4.34. The quantitative estimate of drug-likeness (QED) is 0.717. The number of esters is 1. The lowest BCUT2D eigenvalue weighted by atomic mass is 10.1. The summed E-state index contributed by atoms with van der Waals surface area (Å²) >= 11 is 1.31. The molecule has 1 heterocycles. The Labute approximate surface area is 164 Å². The van der Waals surface area contributed by atoms with Crippen molar-refractivity contribution in [3.05, 3.63) is 45.6 Å². The maximum atomic E-state index is 13.7. The number of nitrogens with two attached hydrogens (primary N) is 1. The molecular weight excluding hydrogens is 387 g/mol. The number of nitrogens with one attached hydrogen (secondary N) is 1. The Morgan fingerprint density at radius 2 is 2.04 bits per heavy atom. The van der Waals surface area contributed by atoms with Crippen molar-refractivity contribution >= 4 is 34.1 Å². The number of carbonyl (C=O) groups is 3. The van der Waals surface area contributed by atoms with Crippen LogP contribution in [0.4, 0.5) is 9.39 Å². The van der Waals surface area contributed by atoms with Crippen molar-refractivity contribution in [2.45, 2.75) is 32.3 Å². The van der Waals surface area contributed by atoms with Gasteiger partial charge in [-0.3, -0.25) is 9.59 Å². The highest BCUT2D eigenvalue weighted by Crippen LogP contribution is 2.38. The van der Waals surface area contributed by atoms with E-state index in [1.807, 2.05) is 0 Å². The van der Waals surface area contributed by atoms with Gasteiger partial charge >= 0.3 is 5.97 Å². The molecule has 0 saturated carbocycles. The van der Waals surface area contributed by atoms with Gasteiger partial charge in [-0.25, -0.2) is 9.18 Å². The number of primary amides is 1. The first-order valence-corrected chi connectivity index (χ1v) is 9.43. The smallest absolute Gasteiger partial charge is 0.339 e. The summed E-state index contributed by atoms with van der Waals surface area (Å²) in [7, 11) is 1.31. The van der Waals surface area contributed by atoms with Gasteiger partial charge in [-0.2, -0.15) is 0 Å². The number of rotatable bonds is 6. The predicted molar refractivity (Wildman–Crippen MR) is 101 cm³/mol. The molecular formula is C19H19FN2O5S. The van der Waals surface area contributed by atoms with Gasteiger partial charge in [0, 0.05) is 4.88 Å². The van der Waals surface area contributed by atoms with Crippen LogP contribution in [0.15, 0.2) is 18.2 Å². The lowest BCUT2D eigenvalue weighted by Crippen LogP contribution is -2.30. The zero-order valence-electron chi connectivity index (χ0n) is 15.3. The first-order chi connectivity index (χ1) is 13.3. The van der Waals surface area contributed by atoms with Crippen LogP contribution in [0.5, 0.6) is 5.75 Å². The lowest BCUT2D eigenvalue weighted by molar-refractivity contribution is -0.123. The SMILES string of the molecule is COc1ccc(C(=O)O[C@@H](C)C(=O)Nc2sc3c(c2C(N)=O)CCC3)cc1F. The lowest BCUT2D eigenvalue weighted by Gasteiger charge is -2.14. The molecule has 0 spiro atoms. The van der Waals surface area contributed by atoms with Gasteiger partial charge in [0.25, 0.3) is 11.8 Å². The number of hydrogen-bond donors (Lipinski definition) is 2. The highest BCUT2D eigenvalue weighted by atomic mass is 32.1. The number of benzene rings is 1. The summed E-state index contributed by atoms with van der Waals surface area (Å²) in [5, 5.41) is 2.98. The van der Waals surface area contributed by atoms with Gasteiger partial charge in [0.2, 0.25) is 0 Å². The molecule has 148 valence electrons. The zero-order valence-corrected chi connectivity index (χ0v) is 16.2. The van der Waals surface area contributed by atoms with Crippen molar-refractivity contribution in [1.29, 1.82) is 0 Å². The Balaban J connectivity index is 1.69. The molecule has 3 rings (SSSR count). The van der Waals surface area contributed by atoms with Gasteiger partial charge in [-0.15, -0.1) is 11.3 Å². The van der Waals surface area contributed by atoms with Crippen LogP contribution in [0.25, 0.3) is 0 Å². The summed E-state index contributed by atoms with van der Waals surface area (Å²) in [5.74, 6) is -2.79. The standard InChI is InChI=1S/C19H19FN2O5S/c1-9(27-19(25)10-6-7-13(26-2)12(20)8-10)17(24)22-18-15(16(21)23)11-4-3-5-14(11)28-18/h6-9H,3-5H2,1-2H3,(H2,21,23)(H,22,24)/t9-/m0/s1. The molecule has 28 heavy (non-hydrogen) atoms. The van der Waals surface area contributed by atoms with E-state index in [9.17, 15) is 18.8 Å². The van der Waals surface area contributed by atoms with Crippen LogP contribution in [-0.2, 0) is 22.4 Å². The minimum atomic E-state index is -1.16. The fourth-order valence-electron chi connectivity index (χ4n) is 3.04. The Morgan fingerprint density at radius 3 is 2.68 bits per heavy atom. The Kier molecular flexibility index (Phi) is 5.64. The number of carbonyl (C=O) groups excluding carboxylic acids is 3. The van der Waals surface area contributed by atoms with Crippen molar-refractivity contribution in [3.63, 3.8) is 0 Å². The highest BCUT2D eigenvalue weighted by Gasteiger charge is 2.28. The molecule has 1 aliphatic rings. The number of methoxy groups -OCH3 is 1. The van der Waals surface area contributed by atoms with Crippen LogP contribution in [0.1, 0.15) is 44.5 Å². The maximum Gasteiger partial charge on any atom is 0.339 e. The molecule has 0 bridgehead atoms. The average Bonchev–Trinajstić information content (AvgIpc) is 3.21. The van der Waals surface area contributed by atoms with Crippen molar-refractivity contribution < 1.29 is 28.2 Å². The Bertz CT molecular complexity index is 956. The molecule has 1 atom stereocenters. The third kappa shape index (κ3) is 3.84. The number of hydrogen-bond acceptors (Lipinski definition) is 6. The van der Waals surface area contributed by atoms with E-state index in [1.165, 1.54) is 37.5 Å². The third-order valence-corrected chi connectivity index (χ3v) is 5.65. The first kappa shape index (κ1) is 19.8. The monoisotopic (exact) mass is 406 g/mol. The van der Waals surface area contributed by atoms with Gasteiger partial charge in [0.05, 0.1) is 18.2 Å². The molecule has 0 saturated heterocycles. The van der Waals surface area contributed by atoms with Crippen LogP contribution < -0.4 is 15.8 Å². The van der Waals surface area contributed by atoms with Crippen LogP contribution in [0.3, 0.4) is 0 Å². The fraction of sp³-hybridized carbons (Fsp3) is 0.316. The van der Waals surface area contributed by atoms with E-state index in [0.29, 0.717) is 10.6 Å². The van der Waals surface area contributed by atoms with E-state index in [0.717, 1.165) is 35.8 Å². The molecule has 0 unspecified atom stereocenters. The van der Waals surface area contributed by atoms with Gasteiger partial charge in [-0.05, 0) is 49.9 Å². The second kappa shape index (κ2) is 7.97. The molecule has 9 heteroatoms. The molecule has 2 aromatic rings. The van der Waals surface area contributed by atoms with E-state index < -0.39 is 29.7 Å². The molecule has 3 N–H and O–H groups in total. The number of thiophene rings is 1. The normalized spacial score (nSPS) is 13.5. The van der Waals surface area contributed by atoms with E-state index in [-0.39, 0.29) is 11.3 Å². The summed E-state index contributed by atoms with van der Waals surface area (Å²) in [5.41, 5.74) is 6.62. The Morgan fingerprint density at radius 1 is 1.29 bits per heavy atom. The van der Waals surface area contributed by atoms with Gasteiger partial charge in [0.15, 0.2) is 17.7 Å². The summed E-state index contributed by atoms with van der Waals surface area (Å²) < 4.78 is 23.6. The number of aryl methyl sites for hydroxylation is 1. The van der Waals surface area contributed by atoms with Gasteiger partial charge in [-0.1, -0.05) is 0 Å². The second-order valence-corrected chi connectivity index (χ2v) is 7.42. The third-order valence-electron chi connectivity index (χ3n) is 4.44. The minimum Gasteiger partial charge on any atom is -0.494 e. The van der Waals surface area contributed by atoms with E-state index >= 15 is 0 Å². The number of ether oxygens (including phenoxy) is 2. The van der Waals surface area contributed by atoms with Crippen LogP contribution in [0.2, 0.25) is 0 Å². The van der Waals surface area contributed by atoms with Crippen molar-refractivity contribution in [2.75, 3.05) is 12.4 Å². The largest absolute Gasteiger partial charge is 0.494 e. The Hall–Kier alpha value is -2.94. The number of fused-ring (bicyclic) bond motifs is 1. The van der Waals surface area contributed by atoms with Crippen molar-refractivity contribution in [3.8, 4) is 5.75 Å². The van der Waals surface area contributed by atoms with Crippen LogP contribution >= 0.6 is 11.3 Å². The van der Waals surface area contributed by atoms with Crippen molar-refractivity contribution in [2.24, 2.45) is 5.73 Å². The molecule has 7 nitrogen and oxygen atoms in total. The minimum absolute atomic E-state index is 0.00735. The summed E-state index contributed by atoms with van der Waals surface area (Å²) in [6.45, 7) is 1.39. The number of halogens is 1. The van der Waals surface area contributed by atoms with Crippen LogP contribution in [0, 0.1) is 5.82 Å². The van der Waals surface area contributed by atoms with Crippen molar-refractivity contribution in [1.82, 2.24) is 0 Å². The molecule has 1 aromatic heterocycles. The van der Waals surface area contributed by atoms with Gasteiger partial charge in [0.1, 0.15) is 5.00 Å². The first-order valence-electron chi connectivity index (χ1n) is 8.61. The number of amides is 2. The average molecular weight is 406 g/mol. The number of anilines is 1. The molecule has 1 aliphatic carbocycles. The predicted octanol–water partition coefficient (Wildman–Crippen LogP) is 2.67. The molecule has 0 fully saturated rings. The molecule has 0 radical (unpaired) electrons. The summed E-state index contributed by atoms with van der Waals surface area (Å²) in [6, 6.07) is 3.60. The van der Waals surface area contributed by atoms with E-state index in [1.54, 1.807) is 0 Å². The van der Waals surface area contributed by atoms with E-state index in [2.05, 4.69) is 5.32 Å². The summed E-state index contributed by atoms with van der Waals surface area (Å²) in [6.07, 6.45) is 1.37. The molecule has 0 aliphatic heterocycles. The van der Waals surface area contributed by atoms with Crippen LogP contribution in [-0.4, -0.2) is 31.0 Å². The highest BCUT2D eigenvalue weighted by molar-refractivity contribution is 7.17. The second-order valence-electron chi connectivity index (χ2n) is 6.31. The molecule has 2 amide bonds. The van der Waals surface area contributed by atoms with E-state index in [4.69, 9.17) is 15.2 Å². The zero-order chi connectivity index (χ0) is 20.4. The maximum absolute atomic E-state index is 13.7. The summed E-state index contributed by atoms with van der Waals surface area (Å²) in [4.78, 5) is 37.4. The van der Waals surface area contributed by atoms with Gasteiger partial charge < -0.3 is 20.5 Å². The molecule has 1 aromatic carbocycles.